The number of rotatable bonds is 1. The summed E-state index contributed by atoms with van der Waals surface area (Å²) in [7, 11) is 0. The van der Waals surface area contributed by atoms with Gasteiger partial charge in [0.05, 0.1) is 32.3 Å². The van der Waals surface area contributed by atoms with E-state index in [1.807, 2.05) is 24.3 Å². The average molecular weight is 398 g/mol. The number of nitrogens with zero attached hydrogens (tertiary/aromatic N) is 1. The highest BCUT2D eigenvalue weighted by atomic mass is 19.1. The molecule has 2 aromatic carbocycles. The first-order chi connectivity index (χ1) is 14.1. The van der Waals surface area contributed by atoms with Gasteiger partial charge in [0, 0.05) is 24.0 Å². The molecule has 2 atom stereocenters. The van der Waals surface area contributed by atoms with E-state index in [1.54, 1.807) is 17.0 Å². The Balaban J connectivity index is 1.38. The van der Waals surface area contributed by atoms with E-state index in [-0.39, 0.29) is 24.4 Å². The zero-order valence-corrected chi connectivity index (χ0v) is 16.0. The lowest BCUT2D eigenvalue weighted by Crippen LogP contribution is -2.48. The largest absolute Gasteiger partial charge is 0.491 e. The van der Waals surface area contributed by atoms with E-state index in [9.17, 15) is 9.18 Å². The van der Waals surface area contributed by atoms with Crippen molar-refractivity contribution in [3.05, 3.63) is 59.4 Å². The molecule has 0 saturated carbocycles. The number of benzene rings is 2. The number of carbonyl (C=O) groups excluding carboxylic acids is 1. The molecule has 6 nitrogen and oxygen atoms in total. The Morgan fingerprint density at radius 3 is 2.86 bits per heavy atom. The van der Waals surface area contributed by atoms with Crippen LogP contribution in [0.15, 0.2) is 42.5 Å². The van der Waals surface area contributed by atoms with E-state index >= 15 is 0 Å². The maximum Gasteiger partial charge on any atom is 0.318 e. The smallest absolute Gasteiger partial charge is 0.318 e. The number of para-hydroxylation sites is 1. The summed E-state index contributed by atoms with van der Waals surface area (Å²) in [6.45, 7) is 2.06. The van der Waals surface area contributed by atoms with Gasteiger partial charge in [-0.05, 0) is 18.2 Å². The molecule has 5 rings (SSSR count). The molecular formula is C22H23FN2O4. The van der Waals surface area contributed by atoms with Crippen LogP contribution in [0.3, 0.4) is 0 Å². The fraction of sp³-hybridized carbons (Fsp3) is 0.409. The van der Waals surface area contributed by atoms with E-state index < -0.39 is 5.60 Å². The minimum Gasteiger partial charge on any atom is -0.491 e. The third kappa shape index (κ3) is 3.40. The Kier molecular flexibility index (Phi) is 4.54. The number of urea groups is 1. The van der Waals surface area contributed by atoms with Crippen LogP contribution >= 0.6 is 0 Å². The first kappa shape index (κ1) is 18.2. The van der Waals surface area contributed by atoms with E-state index in [1.165, 1.54) is 6.07 Å². The quantitative estimate of drug-likeness (QED) is 0.800. The van der Waals surface area contributed by atoms with Crippen molar-refractivity contribution >= 4 is 6.03 Å². The van der Waals surface area contributed by atoms with Crippen LogP contribution in [-0.2, 0) is 11.3 Å². The Morgan fingerprint density at radius 1 is 1.14 bits per heavy atom. The van der Waals surface area contributed by atoms with E-state index in [4.69, 9.17) is 14.2 Å². The second-order valence-electron chi connectivity index (χ2n) is 7.82. The average Bonchev–Trinajstić information content (AvgIpc) is 3.03. The third-order valence-corrected chi connectivity index (χ3v) is 5.89. The summed E-state index contributed by atoms with van der Waals surface area (Å²) in [6.07, 6.45) is 1.44. The molecule has 152 valence electrons. The van der Waals surface area contributed by atoms with Crippen LogP contribution < -0.4 is 14.8 Å². The van der Waals surface area contributed by atoms with Crippen LogP contribution in [0, 0.1) is 5.82 Å². The molecule has 1 saturated heterocycles. The second kappa shape index (κ2) is 7.22. The summed E-state index contributed by atoms with van der Waals surface area (Å²) < 4.78 is 31.8. The van der Waals surface area contributed by atoms with Gasteiger partial charge < -0.3 is 24.4 Å². The maximum atomic E-state index is 14.3. The number of ether oxygens (including phenoxy) is 3. The van der Waals surface area contributed by atoms with Crippen molar-refractivity contribution in [2.24, 2.45) is 0 Å². The first-order valence-electron chi connectivity index (χ1n) is 9.95. The number of carbonyl (C=O) groups is 1. The highest BCUT2D eigenvalue weighted by Gasteiger charge is 2.44. The van der Waals surface area contributed by atoms with Crippen LogP contribution in [0.4, 0.5) is 9.18 Å². The van der Waals surface area contributed by atoms with Gasteiger partial charge in [0.15, 0.2) is 0 Å². The molecule has 1 spiro atoms. The van der Waals surface area contributed by atoms with Crippen molar-refractivity contribution in [1.29, 1.82) is 0 Å². The SMILES string of the molecule is O=C(NC1CC2(CCOC2)Oc2ccccc21)N1CCOc2cccc(F)c2C1. The fourth-order valence-electron chi connectivity index (χ4n) is 4.35. The number of halogens is 1. The number of hydrogen-bond donors (Lipinski definition) is 1. The zero-order valence-electron chi connectivity index (χ0n) is 16.0. The van der Waals surface area contributed by atoms with Crippen molar-refractivity contribution in [2.75, 3.05) is 26.4 Å². The Bertz CT molecular complexity index is 929. The highest BCUT2D eigenvalue weighted by Crippen LogP contribution is 2.43. The van der Waals surface area contributed by atoms with Gasteiger partial charge in [-0.15, -0.1) is 0 Å². The van der Waals surface area contributed by atoms with E-state index in [0.717, 1.165) is 17.7 Å². The lowest BCUT2D eigenvalue weighted by atomic mass is 9.86. The summed E-state index contributed by atoms with van der Waals surface area (Å²) >= 11 is 0. The van der Waals surface area contributed by atoms with Crippen molar-refractivity contribution in [1.82, 2.24) is 10.2 Å². The molecule has 0 bridgehead atoms. The minimum atomic E-state index is -0.410. The summed E-state index contributed by atoms with van der Waals surface area (Å²) in [5.74, 6) is 0.921. The van der Waals surface area contributed by atoms with Gasteiger partial charge in [-0.3, -0.25) is 0 Å². The summed E-state index contributed by atoms with van der Waals surface area (Å²) in [4.78, 5) is 14.7. The molecule has 1 fully saturated rings. The van der Waals surface area contributed by atoms with E-state index in [2.05, 4.69) is 5.32 Å². The van der Waals surface area contributed by atoms with Crippen LogP contribution in [0.2, 0.25) is 0 Å². The molecule has 2 aromatic rings. The molecule has 3 heterocycles. The van der Waals surface area contributed by atoms with Crippen LogP contribution in [-0.4, -0.2) is 42.9 Å². The normalized spacial score (nSPS) is 25.4. The molecule has 3 aliphatic heterocycles. The molecule has 7 heteroatoms. The summed E-state index contributed by atoms with van der Waals surface area (Å²) in [6, 6.07) is 12.1. The third-order valence-electron chi connectivity index (χ3n) is 5.89. The van der Waals surface area contributed by atoms with Gasteiger partial charge in [-0.25, -0.2) is 9.18 Å². The van der Waals surface area contributed by atoms with Gasteiger partial charge in [-0.1, -0.05) is 24.3 Å². The molecule has 0 aromatic heterocycles. The molecule has 1 N–H and O–H groups in total. The number of fused-ring (bicyclic) bond motifs is 2. The van der Waals surface area contributed by atoms with Crippen molar-refractivity contribution < 1.29 is 23.4 Å². The lowest BCUT2D eigenvalue weighted by molar-refractivity contribution is 0.0195. The van der Waals surface area contributed by atoms with Gasteiger partial charge in [0.2, 0.25) is 0 Å². The Morgan fingerprint density at radius 2 is 2.00 bits per heavy atom. The predicted molar refractivity (Wildman–Crippen MR) is 103 cm³/mol. The topological polar surface area (TPSA) is 60.0 Å². The van der Waals surface area contributed by atoms with Crippen LogP contribution in [0.5, 0.6) is 11.5 Å². The summed E-state index contributed by atoms with van der Waals surface area (Å²) in [5, 5.41) is 3.15. The van der Waals surface area contributed by atoms with Crippen LogP contribution in [0.25, 0.3) is 0 Å². The molecule has 3 aliphatic rings. The van der Waals surface area contributed by atoms with Crippen molar-refractivity contribution in [2.45, 2.75) is 31.0 Å². The molecule has 0 radical (unpaired) electrons. The monoisotopic (exact) mass is 398 g/mol. The molecule has 29 heavy (non-hydrogen) atoms. The Labute approximate surface area is 168 Å². The Hall–Kier alpha value is -2.80. The van der Waals surface area contributed by atoms with Crippen molar-refractivity contribution in [3.63, 3.8) is 0 Å². The standard InChI is InChI=1S/C22H23FN2O4/c23-17-5-3-7-19-16(17)13-25(9-11-28-19)21(26)24-18-12-22(8-10-27-14-22)29-20-6-2-1-4-15(18)20/h1-7,18H,8-14H2,(H,24,26). The van der Waals surface area contributed by atoms with Gasteiger partial charge in [0.25, 0.3) is 0 Å². The second-order valence-corrected chi connectivity index (χ2v) is 7.82. The van der Waals surface area contributed by atoms with Gasteiger partial charge in [-0.2, -0.15) is 0 Å². The zero-order chi connectivity index (χ0) is 19.8. The summed E-state index contributed by atoms with van der Waals surface area (Å²) in [5.41, 5.74) is 0.955. The number of hydrogen-bond acceptors (Lipinski definition) is 4. The fourth-order valence-corrected chi connectivity index (χ4v) is 4.35. The maximum absolute atomic E-state index is 14.3. The molecule has 0 aliphatic carbocycles. The van der Waals surface area contributed by atoms with Crippen molar-refractivity contribution in [3.8, 4) is 11.5 Å². The van der Waals surface area contributed by atoms with Gasteiger partial charge in [0.1, 0.15) is 29.5 Å². The van der Waals surface area contributed by atoms with E-state index in [0.29, 0.717) is 44.1 Å². The minimum absolute atomic E-state index is 0.174. The predicted octanol–water partition coefficient (Wildman–Crippen LogP) is 3.41. The number of nitrogens with one attached hydrogen (secondary N) is 1. The highest BCUT2D eigenvalue weighted by molar-refractivity contribution is 5.75. The molecule has 2 unspecified atom stereocenters. The van der Waals surface area contributed by atoms with Gasteiger partial charge >= 0.3 is 6.03 Å². The molecular weight excluding hydrogens is 375 g/mol. The first-order valence-corrected chi connectivity index (χ1v) is 9.95. The number of amides is 2. The molecule has 2 amide bonds. The lowest BCUT2D eigenvalue weighted by Gasteiger charge is -2.39. The van der Waals surface area contributed by atoms with Crippen LogP contribution in [0.1, 0.15) is 30.0 Å².